The van der Waals surface area contributed by atoms with Gasteiger partial charge in [-0.2, -0.15) is 0 Å². The maximum atomic E-state index is 14.1. The van der Waals surface area contributed by atoms with Crippen LogP contribution in [0.15, 0.2) is 47.5 Å². The van der Waals surface area contributed by atoms with E-state index in [1.165, 1.54) is 22.8 Å². The van der Waals surface area contributed by atoms with Gasteiger partial charge in [-0.1, -0.05) is 23.2 Å². The van der Waals surface area contributed by atoms with Crippen molar-refractivity contribution in [3.63, 3.8) is 0 Å². The number of carbonyl (C=O) groups is 2. The van der Waals surface area contributed by atoms with Gasteiger partial charge in [0.2, 0.25) is 0 Å². The quantitative estimate of drug-likeness (QED) is 0.160. The number of nitrogens with zero attached hydrogens (tertiary/aromatic N) is 2. The second-order valence-corrected chi connectivity index (χ2v) is 13.0. The number of nitrogen functional groups attached to an aromatic ring is 1. The van der Waals surface area contributed by atoms with Crippen LogP contribution >= 0.6 is 23.2 Å². The van der Waals surface area contributed by atoms with Crippen LogP contribution in [0, 0.1) is 5.82 Å². The summed E-state index contributed by atoms with van der Waals surface area (Å²) < 4.78 is 32.6. The zero-order chi connectivity index (χ0) is 33.6. The molecule has 2 aromatic heterocycles. The number of nitrogens with two attached hydrogens (primary N) is 1. The van der Waals surface area contributed by atoms with Crippen LogP contribution in [0.1, 0.15) is 77.9 Å². The highest BCUT2D eigenvalue weighted by Crippen LogP contribution is 2.37. The summed E-state index contributed by atoms with van der Waals surface area (Å²) in [6, 6.07) is 6.36. The van der Waals surface area contributed by atoms with E-state index < -0.39 is 35.6 Å². The molecule has 10 nitrogen and oxygen atoms in total. The molecule has 1 amide bonds. The lowest BCUT2D eigenvalue weighted by Gasteiger charge is -2.24. The van der Waals surface area contributed by atoms with E-state index in [1.54, 1.807) is 52.2 Å². The molecule has 1 unspecified atom stereocenters. The first-order valence-corrected chi connectivity index (χ1v) is 15.9. The molecule has 2 atom stereocenters. The summed E-state index contributed by atoms with van der Waals surface area (Å²) in [6.45, 7) is 7.13. The van der Waals surface area contributed by atoms with Gasteiger partial charge in [0.25, 0.3) is 5.56 Å². The predicted octanol–water partition coefficient (Wildman–Crippen LogP) is 7.24. The number of anilines is 1. The molecule has 4 rings (SSSR count). The molecule has 0 spiro atoms. The Morgan fingerprint density at radius 3 is 2.57 bits per heavy atom. The van der Waals surface area contributed by atoms with Crippen molar-refractivity contribution >= 4 is 41.1 Å². The van der Waals surface area contributed by atoms with Crippen molar-refractivity contribution in [2.75, 3.05) is 5.73 Å². The van der Waals surface area contributed by atoms with Crippen LogP contribution < -0.4 is 21.3 Å². The molecule has 1 aliphatic rings. The molecule has 1 saturated carbocycles. The summed E-state index contributed by atoms with van der Waals surface area (Å²) in [5.41, 5.74) is 6.62. The van der Waals surface area contributed by atoms with Gasteiger partial charge in [0.1, 0.15) is 29.7 Å². The molecule has 3 aromatic rings. The summed E-state index contributed by atoms with van der Waals surface area (Å²) in [5.74, 6) is -0.831. The Morgan fingerprint density at radius 1 is 1.15 bits per heavy atom. The van der Waals surface area contributed by atoms with E-state index in [1.807, 2.05) is 0 Å². The second-order valence-electron chi connectivity index (χ2n) is 12.3. The maximum absolute atomic E-state index is 14.1. The van der Waals surface area contributed by atoms with E-state index in [9.17, 15) is 18.8 Å². The van der Waals surface area contributed by atoms with Gasteiger partial charge in [-0.05, 0) is 96.0 Å². The lowest BCUT2D eigenvalue weighted by Crippen LogP contribution is -2.45. The van der Waals surface area contributed by atoms with Crippen molar-refractivity contribution in [2.24, 2.45) is 0 Å². The number of benzene rings is 1. The normalized spacial score (nSPS) is 14.8. The second kappa shape index (κ2) is 15.2. The van der Waals surface area contributed by atoms with Crippen molar-refractivity contribution in [3.8, 4) is 16.9 Å². The highest BCUT2D eigenvalue weighted by atomic mass is 35.5. The van der Waals surface area contributed by atoms with Gasteiger partial charge in [-0.25, -0.2) is 19.0 Å². The Hall–Kier alpha value is -3.83. The average Bonchev–Trinajstić information content (AvgIpc) is 3.49. The van der Waals surface area contributed by atoms with Crippen molar-refractivity contribution in [1.82, 2.24) is 14.9 Å². The highest BCUT2D eigenvalue weighted by molar-refractivity contribution is 6.36. The van der Waals surface area contributed by atoms with E-state index in [2.05, 4.69) is 10.3 Å². The molecule has 1 aliphatic carbocycles. The number of halogens is 3. The smallest absolute Gasteiger partial charge is 0.408 e. The fourth-order valence-electron chi connectivity index (χ4n) is 5.17. The summed E-state index contributed by atoms with van der Waals surface area (Å²) in [7, 11) is 0. The fourth-order valence-corrected chi connectivity index (χ4v) is 5.84. The number of pyridine rings is 2. The fraction of sp³-hybridized carbons (Fsp3) is 0.455. The molecule has 0 saturated heterocycles. The van der Waals surface area contributed by atoms with Gasteiger partial charge < -0.3 is 29.8 Å². The number of aryl methyl sites for hydroxylation is 1. The number of nitrogens with one attached hydrogen (secondary N) is 1. The molecule has 0 radical (unpaired) electrons. The van der Waals surface area contributed by atoms with Gasteiger partial charge in [0, 0.05) is 41.2 Å². The molecule has 0 bridgehead atoms. The number of carbonyl (C=O) groups excluding carboxylic acids is 2. The SMILES string of the molecule is CC(Oc1cc(-c2ccc(=O)n(CCC[C@H](NC(=O)OC(C)(C)C)C(=O)OC3CCCC3)c2)cnc1N)c1c(Cl)ccc(F)c1Cl. The van der Waals surface area contributed by atoms with Gasteiger partial charge in [0.15, 0.2) is 11.6 Å². The summed E-state index contributed by atoms with van der Waals surface area (Å²) in [4.78, 5) is 42.5. The third-order valence-electron chi connectivity index (χ3n) is 7.44. The Labute approximate surface area is 277 Å². The maximum Gasteiger partial charge on any atom is 0.408 e. The number of alkyl carbamates (subject to hydrolysis) is 1. The van der Waals surface area contributed by atoms with Crippen LogP contribution in [0.2, 0.25) is 10.0 Å². The number of rotatable bonds is 11. The lowest BCUT2D eigenvalue weighted by atomic mass is 10.1. The van der Waals surface area contributed by atoms with E-state index >= 15 is 0 Å². The molecule has 2 heterocycles. The minimum Gasteiger partial charge on any atom is -0.482 e. The first-order chi connectivity index (χ1) is 21.7. The van der Waals surface area contributed by atoms with Crippen molar-refractivity contribution in [3.05, 3.63) is 74.5 Å². The zero-order valence-electron chi connectivity index (χ0n) is 26.3. The molecule has 1 fully saturated rings. The molecule has 1 aromatic carbocycles. The molecule has 13 heteroatoms. The van der Waals surface area contributed by atoms with Crippen LogP contribution in [-0.4, -0.2) is 39.4 Å². The molecular formula is C33H39Cl2FN4O6. The summed E-state index contributed by atoms with van der Waals surface area (Å²) in [5, 5.41) is 2.73. The van der Waals surface area contributed by atoms with E-state index in [0.717, 1.165) is 25.7 Å². The van der Waals surface area contributed by atoms with Gasteiger partial charge in [-0.3, -0.25) is 4.79 Å². The van der Waals surface area contributed by atoms with Crippen LogP contribution in [-0.2, 0) is 20.8 Å². The minimum absolute atomic E-state index is 0.0978. The Kier molecular flexibility index (Phi) is 11.6. The average molecular weight is 678 g/mol. The van der Waals surface area contributed by atoms with Crippen molar-refractivity contribution < 1.29 is 28.2 Å². The number of hydrogen-bond acceptors (Lipinski definition) is 8. The monoisotopic (exact) mass is 676 g/mol. The lowest BCUT2D eigenvalue weighted by molar-refractivity contribution is -0.151. The number of amides is 1. The van der Waals surface area contributed by atoms with Gasteiger partial charge in [0.05, 0.1) is 5.02 Å². The highest BCUT2D eigenvalue weighted by Gasteiger charge is 2.28. The van der Waals surface area contributed by atoms with Crippen LogP contribution in [0.4, 0.5) is 15.0 Å². The van der Waals surface area contributed by atoms with Crippen molar-refractivity contribution in [1.29, 1.82) is 0 Å². The number of esters is 1. The number of aromatic nitrogens is 2. The Balaban J connectivity index is 1.47. The van der Waals surface area contributed by atoms with E-state index in [-0.39, 0.29) is 51.8 Å². The molecular weight excluding hydrogens is 638 g/mol. The first-order valence-electron chi connectivity index (χ1n) is 15.2. The summed E-state index contributed by atoms with van der Waals surface area (Å²) in [6.07, 6.45) is 5.75. The zero-order valence-corrected chi connectivity index (χ0v) is 27.8. The number of ether oxygens (including phenoxy) is 3. The Bertz CT molecular complexity index is 1620. The summed E-state index contributed by atoms with van der Waals surface area (Å²) >= 11 is 12.4. The van der Waals surface area contributed by atoms with Crippen LogP contribution in [0.5, 0.6) is 5.75 Å². The van der Waals surface area contributed by atoms with Gasteiger partial charge >= 0.3 is 12.1 Å². The molecule has 3 N–H and O–H groups in total. The topological polar surface area (TPSA) is 135 Å². The van der Waals surface area contributed by atoms with Gasteiger partial charge in [-0.15, -0.1) is 0 Å². The van der Waals surface area contributed by atoms with Crippen LogP contribution in [0.3, 0.4) is 0 Å². The molecule has 248 valence electrons. The van der Waals surface area contributed by atoms with Crippen molar-refractivity contribution in [2.45, 2.75) is 96.6 Å². The molecule has 0 aliphatic heterocycles. The predicted molar refractivity (Wildman–Crippen MR) is 175 cm³/mol. The van der Waals surface area contributed by atoms with Crippen LogP contribution in [0.25, 0.3) is 11.1 Å². The first kappa shape index (κ1) is 35.0. The third kappa shape index (κ3) is 9.35. The largest absolute Gasteiger partial charge is 0.482 e. The minimum atomic E-state index is -0.933. The third-order valence-corrected chi connectivity index (χ3v) is 8.15. The number of hydrogen-bond donors (Lipinski definition) is 2. The van der Waals surface area contributed by atoms with E-state index in [0.29, 0.717) is 17.5 Å². The standard InChI is InChI=1S/C33H39Cl2FN4O6/c1-19(28-23(34)12-13-24(36)29(28)35)44-26-16-21(17-38-30(26)37)20-11-14-27(41)40(18-20)15-7-10-25(39-32(43)46-33(2,3)4)31(42)45-22-8-5-6-9-22/h11-14,16-19,22,25H,5-10,15H2,1-4H3,(H2,37,38)(H,39,43)/t19?,25-/m0/s1. The molecule has 46 heavy (non-hydrogen) atoms. The Morgan fingerprint density at radius 2 is 1.87 bits per heavy atom. The van der Waals surface area contributed by atoms with E-state index in [4.69, 9.17) is 43.1 Å².